The lowest BCUT2D eigenvalue weighted by Gasteiger charge is -2.22. The molecule has 0 bridgehead atoms. The number of nitrogens with zero attached hydrogens (tertiary/aromatic N) is 1. The normalized spacial score (nSPS) is 19.9. The molecule has 1 aromatic rings. The van der Waals surface area contributed by atoms with Crippen molar-refractivity contribution in [3.05, 3.63) is 34.0 Å². The van der Waals surface area contributed by atoms with Crippen LogP contribution in [0.25, 0.3) is 0 Å². The van der Waals surface area contributed by atoms with Crippen molar-refractivity contribution in [3.8, 4) is 11.8 Å². The molecular weight excluding hydrogens is 424 g/mol. The highest BCUT2D eigenvalue weighted by Gasteiger charge is 2.52. The number of ether oxygens (including phenoxy) is 1. The molecule has 1 amide bonds. The Morgan fingerprint density at radius 3 is 2.87 bits per heavy atom. The van der Waals surface area contributed by atoms with Crippen LogP contribution in [0, 0.1) is 17.8 Å². The molecule has 1 aliphatic heterocycles. The van der Waals surface area contributed by atoms with Crippen LogP contribution in [0.3, 0.4) is 0 Å². The smallest absolute Gasteiger partial charge is 0.348 e. The van der Waals surface area contributed by atoms with Crippen LogP contribution in [0.1, 0.15) is 54.1 Å². The molecule has 0 radical (unpaired) electrons. The van der Waals surface area contributed by atoms with Crippen LogP contribution < -0.4 is 0 Å². The lowest BCUT2D eigenvalue weighted by atomic mass is 9.99. The molecule has 0 aromatic carbocycles. The fourth-order valence-corrected chi connectivity index (χ4v) is 4.28. The van der Waals surface area contributed by atoms with E-state index in [-0.39, 0.29) is 12.5 Å². The number of aliphatic hydroxyl groups is 1. The number of carbonyl (C=O) groups is 2. The van der Waals surface area contributed by atoms with E-state index in [0.717, 1.165) is 11.3 Å². The van der Waals surface area contributed by atoms with Gasteiger partial charge in [-0.15, -0.1) is 23.2 Å². The number of aliphatic hydroxyl groups excluding tert-OH is 1. The topological polar surface area (TPSA) is 66.8 Å². The maximum absolute atomic E-state index is 14.1. The van der Waals surface area contributed by atoms with E-state index in [4.69, 9.17) is 0 Å². The summed E-state index contributed by atoms with van der Waals surface area (Å²) in [5.74, 6) is 0.781. The third kappa shape index (κ3) is 6.88. The molecule has 2 heterocycles. The molecular formula is C23H29F2NO4S. The van der Waals surface area contributed by atoms with Crippen LogP contribution in [-0.4, -0.2) is 53.6 Å². The Morgan fingerprint density at radius 1 is 1.45 bits per heavy atom. The quantitative estimate of drug-likeness (QED) is 0.348. The number of hydrogen-bond donors (Lipinski definition) is 1. The van der Waals surface area contributed by atoms with E-state index in [1.807, 2.05) is 13.8 Å². The van der Waals surface area contributed by atoms with Crippen molar-refractivity contribution in [2.24, 2.45) is 5.92 Å². The predicted molar refractivity (Wildman–Crippen MR) is 116 cm³/mol. The summed E-state index contributed by atoms with van der Waals surface area (Å²) in [6, 6.07) is 2.70. The van der Waals surface area contributed by atoms with Gasteiger partial charge in [0, 0.05) is 30.7 Å². The van der Waals surface area contributed by atoms with Crippen molar-refractivity contribution in [2.45, 2.75) is 64.0 Å². The summed E-state index contributed by atoms with van der Waals surface area (Å²) in [5.41, 5.74) is 0. The number of halogens is 2. The molecule has 0 saturated carbocycles. The van der Waals surface area contributed by atoms with Crippen molar-refractivity contribution in [2.75, 3.05) is 13.7 Å². The van der Waals surface area contributed by atoms with Gasteiger partial charge in [0.2, 0.25) is 0 Å². The number of aryl methyl sites for hydroxylation is 1. The van der Waals surface area contributed by atoms with Gasteiger partial charge in [0.25, 0.3) is 5.91 Å². The number of methoxy groups -OCH3 is 1. The molecule has 0 spiro atoms. The SMILES string of the molecule is CCC#CC[C@H](C)[C@H](O)/C=C/C1CC(F)(F)C(=O)N1CCCc1ccc(C(=O)OC)s1. The number of thiophene rings is 1. The van der Waals surface area contributed by atoms with Crippen molar-refractivity contribution < 1.29 is 28.2 Å². The first-order valence-electron chi connectivity index (χ1n) is 10.4. The fraction of sp³-hybridized carbons (Fsp3) is 0.565. The van der Waals surface area contributed by atoms with Crippen LogP contribution in [0.5, 0.6) is 0 Å². The Morgan fingerprint density at radius 2 is 2.19 bits per heavy atom. The molecule has 1 aromatic heterocycles. The van der Waals surface area contributed by atoms with Crippen LogP contribution in [0.4, 0.5) is 8.78 Å². The summed E-state index contributed by atoms with van der Waals surface area (Å²) >= 11 is 1.29. The van der Waals surface area contributed by atoms with E-state index in [2.05, 4.69) is 16.6 Å². The van der Waals surface area contributed by atoms with Crippen LogP contribution in [-0.2, 0) is 16.0 Å². The van der Waals surface area contributed by atoms with E-state index in [1.165, 1.54) is 35.5 Å². The van der Waals surface area contributed by atoms with Gasteiger partial charge in [-0.2, -0.15) is 8.78 Å². The van der Waals surface area contributed by atoms with Crippen molar-refractivity contribution >= 4 is 23.2 Å². The molecule has 8 heteroatoms. The van der Waals surface area contributed by atoms with Gasteiger partial charge in [0.05, 0.1) is 19.3 Å². The minimum atomic E-state index is -3.40. The minimum absolute atomic E-state index is 0.135. The van der Waals surface area contributed by atoms with Crippen LogP contribution >= 0.6 is 11.3 Å². The third-order valence-electron chi connectivity index (χ3n) is 5.15. The Labute approximate surface area is 186 Å². The van der Waals surface area contributed by atoms with Gasteiger partial charge in [0.1, 0.15) is 4.88 Å². The molecule has 31 heavy (non-hydrogen) atoms. The second-order valence-electron chi connectivity index (χ2n) is 7.60. The van der Waals surface area contributed by atoms with Gasteiger partial charge in [-0.25, -0.2) is 4.79 Å². The van der Waals surface area contributed by atoms with E-state index in [9.17, 15) is 23.5 Å². The molecule has 1 unspecified atom stereocenters. The average Bonchev–Trinajstić information content (AvgIpc) is 3.29. The van der Waals surface area contributed by atoms with Gasteiger partial charge in [-0.05, 0) is 30.9 Å². The molecule has 1 aliphatic rings. The number of likely N-dealkylation sites (tertiary alicyclic amines) is 1. The van der Waals surface area contributed by atoms with Crippen molar-refractivity contribution in [3.63, 3.8) is 0 Å². The second-order valence-corrected chi connectivity index (χ2v) is 8.77. The maximum atomic E-state index is 14.1. The van der Waals surface area contributed by atoms with Crippen molar-refractivity contribution in [1.82, 2.24) is 4.90 Å². The molecule has 5 nitrogen and oxygen atoms in total. The van der Waals surface area contributed by atoms with E-state index in [1.54, 1.807) is 12.1 Å². The predicted octanol–water partition coefficient (Wildman–Crippen LogP) is 4.06. The number of amides is 1. The largest absolute Gasteiger partial charge is 0.465 e. The zero-order valence-corrected chi connectivity index (χ0v) is 18.9. The number of carbonyl (C=O) groups excluding carboxylic acids is 2. The monoisotopic (exact) mass is 453 g/mol. The van der Waals surface area contributed by atoms with E-state index >= 15 is 0 Å². The van der Waals surface area contributed by atoms with Crippen LogP contribution in [0.2, 0.25) is 0 Å². The Bertz CT molecular complexity index is 855. The summed E-state index contributed by atoms with van der Waals surface area (Å²) in [4.78, 5) is 26.3. The van der Waals surface area contributed by atoms with Gasteiger partial charge < -0.3 is 14.7 Å². The fourth-order valence-electron chi connectivity index (χ4n) is 3.32. The van der Waals surface area contributed by atoms with Gasteiger partial charge in [-0.1, -0.05) is 26.0 Å². The highest BCUT2D eigenvalue weighted by atomic mass is 32.1. The zero-order chi connectivity index (χ0) is 23.0. The molecule has 1 saturated heterocycles. The summed E-state index contributed by atoms with van der Waals surface area (Å²) < 4.78 is 32.8. The highest BCUT2D eigenvalue weighted by Crippen LogP contribution is 2.34. The molecule has 170 valence electrons. The van der Waals surface area contributed by atoms with Crippen LogP contribution in [0.15, 0.2) is 24.3 Å². The van der Waals surface area contributed by atoms with E-state index in [0.29, 0.717) is 24.1 Å². The minimum Gasteiger partial charge on any atom is -0.465 e. The summed E-state index contributed by atoms with van der Waals surface area (Å²) in [5, 5.41) is 10.3. The van der Waals surface area contributed by atoms with Gasteiger partial charge in [-0.3, -0.25) is 4.79 Å². The van der Waals surface area contributed by atoms with E-state index < -0.39 is 36.4 Å². The van der Waals surface area contributed by atoms with Gasteiger partial charge >= 0.3 is 11.9 Å². The molecule has 2 rings (SSSR count). The molecule has 3 atom stereocenters. The average molecular weight is 454 g/mol. The first kappa shape index (κ1) is 25.0. The number of hydrogen-bond acceptors (Lipinski definition) is 5. The van der Waals surface area contributed by atoms with Crippen molar-refractivity contribution in [1.29, 1.82) is 0 Å². The standard InChI is InChI=1S/C23H29F2NO4S/c1-4-5-6-8-16(2)19(27)12-10-17-15-23(24,25)22(29)26(17)14-7-9-18-11-13-20(31-18)21(28)30-3/h10-13,16-17,19,27H,4,7-9,14-15H2,1-3H3/b12-10+/t16-,17?,19+/m0/s1. The maximum Gasteiger partial charge on any atom is 0.348 e. The number of rotatable bonds is 9. The van der Waals surface area contributed by atoms with Gasteiger partial charge in [0.15, 0.2) is 0 Å². The summed E-state index contributed by atoms with van der Waals surface area (Å²) in [6.45, 7) is 3.95. The number of alkyl halides is 2. The second kappa shape index (κ2) is 11.4. The Kier molecular flexibility index (Phi) is 9.20. The highest BCUT2D eigenvalue weighted by molar-refractivity contribution is 7.13. The first-order chi connectivity index (χ1) is 14.7. The molecule has 0 aliphatic carbocycles. The first-order valence-corrected chi connectivity index (χ1v) is 11.2. The number of esters is 1. The summed E-state index contributed by atoms with van der Waals surface area (Å²) in [7, 11) is 1.31. The zero-order valence-electron chi connectivity index (χ0n) is 18.1. The third-order valence-corrected chi connectivity index (χ3v) is 6.27. The molecule has 1 N–H and O–H groups in total. The summed E-state index contributed by atoms with van der Waals surface area (Å²) in [6.07, 6.45) is 3.88. The lowest BCUT2D eigenvalue weighted by molar-refractivity contribution is -0.148. The Hall–Kier alpha value is -2.24. The Balaban J connectivity index is 1.96. The lowest BCUT2D eigenvalue weighted by Crippen LogP contribution is -2.36. The molecule has 1 fully saturated rings.